The number of nitrogens with one attached hydrogen (secondary N) is 1. The maximum Gasteiger partial charge on any atom is 0.325 e. The fourth-order valence-electron chi connectivity index (χ4n) is 4.18. The first-order valence-corrected chi connectivity index (χ1v) is 10.4. The summed E-state index contributed by atoms with van der Waals surface area (Å²) in [5.41, 5.74) is 1.24. The number of nitrogens with zero attached hydrogens (tertiary/aromatic N) is 3. The van der Waals surface area contributed by atoms with Gasteiger partial charge in [0.2, 0.25) is 0 Å². The van der Waals surface area contributed by atoms with E-state index in [1.165, 1.54) is 4.90 Å². The summed E-state index contributed by atoms with van der Waals surface area (Å²) < 4.78 is 12.4. The molecule has 1 fully saturated rings. The standard InChI is InChI=1S/C25H22N4O4/c1-32-20-10-6-17(7-11-20)25(18-8-12-21(33-2)13-9-18)23(30)29(24(31)27-25)16-19-15-28-14-4-3-5-22(28)26-19/h3-15H,16H2,1-2H3,(H,27,31). The zero-order valence-corrected chi connectivity index (χ0v) is 18.2. The number of hydrogen-bond acceptors (Lipinski definition) is 5. The van der Waals surface area contributed by atoms with Gasteiger partial charge in [-0.25, -0.2) is 9.78 Å². The van der Waals surface area contributed by atoms with E-state index in [1.54, 1.807) is 62.8 Å². The summed E-state index contributed by atoms with van der Waals surface area (Å²) in [7, 11) is 3.15. The van der Waals surface area contributed by atoms with Gasteiger partial charge in [-0.1, -0.05) is 30.3 Å². The molecule has 1 saturated heterocycles. The molecule has 8 heteroatoms. The summed E-state index contributed by atoms with van der Waals surface area (Å²) in [4.78, 5) is 32.8. The third kappa shape index (κ3) is 3.36. The Morgan fingerprint density at radius 3 is 2.03 bits per heavy atom. The van der Waals surface area contributed by atoms with Crippen LogP contribution in [0, 0.1) is 0 Å². The van der Waals surface area contributed by atoms with Crippen LogP contribution in [0.1, 0.15) is 16.8 Å². The molecule has 3 heterocycles. The van der Waals surface area contributed by atoms with E-state index < -0.39 is 11.6 Å². The van der Waals surface area contributed by atoms with Crippen molar-refractivity contribution in [3.8, 4) is 11.5 Å². The summed E-state index contributed by atoms with van der Waals surface area (Å²) in [6, 6.07) is 19.4. The largest absolute Gasteiger partial charge is 0.497 e. The lowest BCUT2D eigenvalue weighted by Gasteiger charge is -2.28. The van der Waals surface area contributed by atoms with Crippen LogP contribution in [0.3, 0.4) is 0 Å². The van der Waals surface area contributed by atoms with Gasteiger partial charge in [-0.2, -0.15) is 0 Å². The Bertz CT molecular complexity index is 1250. The van der Waals surface area contributed by atoms with Crippen LogP contribution in [0.2, 0.25) is 0 Å². The average molecular weight is 442 g/mol. The lowest BCUT2D eigenvalue weighted by Crippen LogP contribution is -2.45. The van der Waals surface area contributed by atoms with Gasteiger partial charge in [0, 0.05) is 12.4 Å². The normalized spacial score (nSPS) is 15.0. The molecule has 8 nitrogen and oxygen atoms in total. The number of pyridine rings is 1. The number of amides is 3. The summed E-state index contributed by atoms with van der Waals surface area (Å²) >= 11 is 0. The Labute approximate surface area is 190 Å². The molecule has 2 aromatic heterocycles. The van der Waals surface area contributed by atoms with Gasteiger partial charge in [0.25, 0.3) is 5.91 Å². The molecule has 5 rings (SSSR count). The van der Waals surface area contributed by atoms with E-state index in [1.807, 2.05) is 35.0 Å². The van der Waals surface area contributed by atoms with Crippen LogP contribution in [0.25, 0.3) is 5.65 Å². The predicted octanol–water partition coefficient (Wildman–Crippen LogP) is 3.35. The molecule has 4 aromatic rings. The fraction of sp³-hybridized carbons (Fsp3) is 0.160. The van der Waals surface area contributed by atoms with Gasteiger partial charge < -0.3 is 19.2 Å². The Morgan fingerprint density at radius 1 is 0.879 bits per heavy atom. The summed E-state index contributed by atoms with van der Waals surface area (Å²) in [6.07, 6.45) is 3.69. The van der Waals surface area contributed by atoms with Crippen molar-refractivity contribution < 1.29 is 19.1 Å². The molecule has 166 valence electrons. The number of carbonyl (C=O) groups excluding carboxylic acids is 2. The summed E-state index contributed by atoms with van der Waals surface area (Å²) in [6.45, 7) is 0.0560. The minimum absolute atomic E-state index is 0.0560. The first-order valence-electron chi connectivity index (χ1n) is 10.4. The summed E-state index contributed by atoms with van der Waals surface area (Å²) in [5, 5.41) is 2.95. The maximum absolute atomic E-state index is 13.9. The SMILES string of the molecule is COc1ccc(C2(c3ccc(OC)cc3)NC(=O)N(Cc3cn4ccccc4n3)C2=O)cc1. The van der Waals surface area contributed by atoms with Crippen LogP contribution < -0.4 is 14.8 Å². The summed E-state index contributed by atoms with van der Waals surface area (Å²) in [5.74, 6) is 0.934. The number of fused-ring (bicyclic) bond motifs is 1. The number of rotatable bonds is 6. The highest BCUT2D eigenvalue weighted by Gasteiger charge is 2.53. The van der Waals surface area contributed by atoms with Crippen molar-refractivity contribution in [2.75, 3.05) is 14.2 Å². The zero-order chi connectivity index (χ0) is 23.0. The molecule has 0 aliphatic carbocycles. The van der Waals surface area contributed by atoms with Crippen molar-refractivity contribution >= 4 is 17.6 Å². The first-order chi connectivity index (χ1) is 16.0. The number of ether oxygens (including phenoxy) is 2. The van der Waals surface area contributed by atoms with Crippen LogP contribution in [-0.4, -0.2) is 40.4 Å². The topological polar surface area (TPSA) is 85.2 Å². The number of aromatic nitrogens is 2. The van der Waals surface area contributed by atoms with Gasteiger partial charge in [-0.3, -0.25) is 9.69 Å². The highest BCUT2D eigenvalue weighted by Crippen LogP contribution is 2.38. The molecule has 0 spiro atoms. The maximum atomic E-state index is 13.9. The van der Waals surface area contributed by atoms with Crippen LogP contribution in [-0.2, 0) is 16.9 Å². The fourth-order valence-corrected chi connectivity index (χ4v) is 4.18. The van der Waals surface area contributed by atoms with E-state index in [0.717, 1.165) is 5.65 Å². The second-order valence-corrected chi connectivity index (χ2v) is 7.73. The van der Waals surface area contributed by atoms with Crippen LogP contribution in [0.15, 0.2) is 79.1 Å². The van der Waals surface area contributed by atoms with Crippen molar-refractivity contribution in [3.05, 3.63) is 95.9 Å². The molecule has 0 atom stereocenters. The van der Waals surface area contributed by atoms with Crippen molar-refractivity contribution in [3.63, 3.8) is 0 Å². The van der Waals surface area contributed by atoms with E-state index in [0.29, 0.717) is 28.3 Å². The molecule has 1 aliphatic heterocycles. The zero-order valence-electron chi connectivity index (χ0n) is 18.2. The smallest absolute Gasteiger partial charge is 0.325 e. The van der Waals surface area contributed by atoms with Crippen molar-refractivity contribution in [2.45, 2.75) is 12.1 Å². The number of benzene rings is 2. The molecule has 0 unspecified atom stereocenters. The van der Waals surface area contributed by atoms with Gasteiger partial charge in [0.15, 0.2) is 5.54 Å². The predicted molar refractivity (Wildman–Crippen MR) is 121 cm³/mol. The Hall–Kier alpha value is -4.33. The highest BCUT2D eigenvalue weighted by atomic mass is 16.5. The first kappa shape index (κ1) is 20.6. The third-order valence-corrected chi connectivity index (χ3v) is 5.89. The molecule has 0 saturated carbocycles. The number of hydrogen-bond donors (Lipinski definition) is 1. The second-order valence-electron chi connectivity index (χ2n) is 7.73. The van der Waals surface area contributed by atoms with E-state index in [2.05, 4.69) is 10.3 Å². The molecule has 2 aromatic carbocycles. The van der Waals surface area contributed by atoms with Gasteiger partial charge in [0.05, 0.1) is 26.5 Å². The van der Waals surface area contributed by atoms with Crippen molar-refractivity contribution in [1.82, 2.24) is 19.6 Å². The van der Waals surface area contributed by atoms with Crippen LogP contribution in [0.4, 0.5) is 4.79 Å². The van der Waals surface area contributed by atoms with Gasteiger partial charge in [-0.15, -0.1) is 0 Å². The lowest BCUT2D eigenvalue weighted by atomic mass is 9.82. The number of imidazole rings is 1. The Balaban J connectivity index is 1.57. The Kier molecular flexibility index (Phi) is 4.97. The van der Waals surface area contributed by atoms with E-state index >= 15 is 0 Å². The molecular formula is C25H22N4O4. The minimum atomic E-state index is -1.38. The molecule has 0 bridgehead atoms. The van der Waals surface area contributed by atoms with Gasteiger partial charge in [0.1, 0.15) is 17.1 Å². The Morgan fingerprint density at radius 2 is 1.48 bits per heavy atom. The number of carbonyl (C=O) groups is 2. The van der Waals surface area contributed by atoms with E-state index in [-0.39, 0.29) is 12.5 Å². The third-order valence-electron chi connectivity index (χ3n) is 5.89. The van der Waals surface area contributed by atoms with Crippen LogP contribution >= 0.6 is 0 Å². The second kappa shape index (κ2) is 7.98. The van der Waals surface area contributed by atoms with Crippen molar-refractivity contribution in [2.24, 2.45) is 0 Å². The highest BCUT2D eigenvalue weighted by molar-refractivity contribution is 6.09. The molecule has 3 amide bonds. The average Bonchev–Trinajstić information content (AvgIpc) is 3.38. The molecule has 0 radical (unpaired) electrons. The minimum Gasteiger partial charge on any atom is -0.497 e. The number of imide groups is 1. The van der Waals surface area contributed by atoms with E-state index in [4.69, 9.17) is 9.47 Å². The van der Waals surface area contributed by atoms with Gasteiger partial charge >= 0.3 is 6.03 Å². The molecule has 1 aliphatic rings. The lowest BCUT2D eigenvalue weighted by molar-refractivity contribution is -0.130. The number of methoxy groups -OCH3 is 2. The monoisotopic (exact) mass is 442 g/mol. The van der Waals surface area contributed by atoms with E-state index in [9.17, 15) is 9.59 Å². The molecular weight excluding hydrogens is 420 g/mol. The molecule has 33 heavy (non-hydrogen) atoms. The van der Waals surface area contributed by atoms with Crippen LogP contribution in [0.5, 0.6) is 11.5 Å². The number of urea groups is 1. The van der Waals surface area contributed by atoms with Crippen molar-refractivity contribution in [1.29, 1.82) is 0 Å². The molecule has 1 N–H and O–H groups in total. The van der Waals surface area contributed by atoms with Gasteiger partial charge in [-0.05, 0) is 47.5 Å². The quantitative estimate of drug-likeness (QED) is 0.463.